The van der Waals surface area contributed by atoms with E-state index in [4.69, 9.17) is 12.2 Å². The summed E-state index contributed by atoms with van der Waals surface area (Å²) in [7, 11) is 1.28. The molecule has 1 saturated heterocycles. The number of carbonyl (C=O) groups is 3. The van der Waals surface area contributed by atoms with E-state index in [2.05, 4.69) is 15.4 Å². The van der Waals surface area contributed by atoms with Crippen LogP contribution in [-0.2, 0) is 4.74 Å². The number of rotatable bonds is 4. The topological polar surface area (TPSA) is 87.7 Å². The molecule has 7 nitrogen and oxygen atoms in total. The first-order valence-corrected chi connectivity index (χ1v) is 10.1. The molecule has 1 fully saturated rings. The summed E-state index contributed by atoms with van der Waals surface area (Å²) in [4.78, 5) is 38.6. The average Bonchev–Trinajstić information content (AvgIpc) is 2.78. The van der Waals surface area contributed by atoms with Crippen molar-refractivity contribution < 1.29 is 19.1 Å². The van der Waals surface area contributed by atoms with Gasteiger partial charge < -0.3 is 15.0 Å². The number of nitrogens with one attached hydrogen (secondary N) is 2. The van der Waals surface area contributed by atoms with Crippen molar-refractivity contribution in [1.82, 2.24) is 10.2 Å². The van der Waals surface area contributed by atoms with E-state index in [-0.39, 0.29) is 22.1 Å². The highest BCUT2D eigenvalue weighted by atomic mass is 32.1. The maximum Gasteiger partial charge on any atom is 0.337 e. The number of hydrogen-bond donors (Lipinski definition) is 2. The third-order valence-electron chi connectivity index (χ3n) is 4.78. The molecule has 2 aromatic rings. The maximum atomic E-state index is 12.7. The second-order valence-electron chi connectivity index (χ2n) is 6.91. The van der Waals surface area contributed by atoms with Crippen molar-refractivity contribution in [2.75, 3.05) is 25.5 Å². The van der Waals surface area contributed by atoms with E-state index in [1.807, 2.05) is 4.90 Å². The smallest absolute Gasteiger partial charge is 0.337 e. The molecular formula is C22H23N3O4S. The van der Waals surface area contributed by atoms with Gasteiger partial charge in [0, 0.05) is 29.9 Å². The molecule has 0 saturated carbocycles. The number of piperidine rings is 1. The van der Waals surface area contributed by atoms with E-state index in [9.17, 15) is 14.4 Å². The number of anilines is 1. The summed E-state index contributed by atoms with van der Waals surface area (Å²) in [5.74, 6) is -0.993. The Morgan fingerprint density at radius 1 is 0.933 bits per heavy atom. The molecule has 0 radical (unpaired) electrons. The fourth-order valence-corrected chi connectivity index (χ4v) is 3.46. The molecule has 0 spiro atoms. The van der Waals surface area contributed by atoms with Crippen LogP contribution in [0, 0.1) is 0 Å². The molecule has 1 heterocycles. The summed E-state index contributed by atoms with van der Waals surface area (Å²) in [6.07, 6.45) is 3.20. The van der Waals surface area contributed by atoms with Crippen molar-refractivity contribution in [2.24, 2.45) is 0 Å². The van der Waals surface area contributed by atoms with Crippen molar-refractivity contribution >= 4 is 40.8 Å². The minimum atomic E-state index is -0.527. The van der Waals surface area contributed by atoms with Crippen LogP contribution in [0.4, 0.5) is 5.69 Å². The van der Waals surface area contributed by atoms with Gasteiger partial charge in [-0.05, 0) is 67.9 Å². The lowest BCUT2D eigenvalue weighted by Gasteiger charge is -2.26. The number of carbonyl (C=O) groups excluding carboxylic acids is 3. The molecule has 0 unspecified atom stereocenters. The van der Waals surface area contributed by atoms with Crippen LogP contribution in [0.1, 0.15) is 50.3 Å². The van der Waals surface area contributed by atoms with Gasteiger partial charge in [-0.1, -0.05) is 12.1 Å². The van der Waals surface area contributed by atoms with Crippen LogP contribution in [0.5, 0.6) is 0 Å². The number of amides is 2. The highest BCUT2D eigenvalue weighted by molar-refractivity contribution is 7.80. The molecule has 0 aliphatic carbocycles. The fourth-order valence-electron chi connectivity index (χ4n) is 3.25. The summed E-state index contributed by atoms with van der Waals surface area (Å²) in [5.41, 5.74) is 1.72. The van der Waals surface area contributed by atoms with E-state index in [0.717, 1.165) is 32.4 Å². The van der Waals surface area contributed by atoms with Gasteiger partial charge >= 0.3 is 5.97 Å². The van der Waals surface area contributed by atoms with Crippen LogP contribution in [-0.4, -0.2) is 48.0 Å². The van der Waals surface area contributed by atoms with E-state index < -0.39 is 11.9 Å². The first-order valence-electron chi connectivity index (χ1n) is 9.68. The standard InChI is InChI=1S/C22H23N3O4S/c1-29-21(28)17-9-5-7-15(13-17)19(26)24-22(30)23-18-10-6-8-16(14-18)20(27)25-11-3-2-4-12-25/h5-10,13-14H,2-4,11-12H2,1H3,(H2,23,24,26,30). The highest BCUT2D eigenvalue weighted by Crippen LogP contribution is 2.16. The molecule has 0 bridgehead atoms. The predicted molar refractivity (Wildman–Crippen MR) is 118 cm³/mol. The highest BCUT2D eigenvalue weighted by Gasteiger charge is 2.18. The van der Waals surface area contributed by atoms with Gasteiger partial charge in [0.25, 0.3) is 11.8 Å². The SMILES string of the molecule is COC(=O)c1cccc(C(=O)NC(=S)Nc2cccc(C(=O)N3CCCCC3)c2)c1. The Kier molecular flexibility index (Phi) is 7.13. The van der Waals surface area contributed by atoms with Crippen LogP contribution >= 0.6 is 12.2 Å². The largest absolute Gasteiger partial charge is 0.465 e. The van der Waals surface area contributed by atoms with Crippen molar-refractivity contribution in [2.45, 2.75) is 19.3 Å². The van der Waals surface area contributed by atoms with Gasteiger partial charge in [0.05, 0.1) is 12.7 Å². The van der Waals surface area contributed by atoms with E-state index >= 15 is 0 Å². The summed E-state index contributed by atoms with van der Waals surface area (Å²) in [6.45, 7) is 1.55. The Morgan fingerprint density at radius 3 is 2.33 bits per heavy atom. The Balaban J connectivity index is 1.63. The van der Waals surface area contributed by atoms with Gasteiger partial charge in [-0.3, -0.25) is 14.9 Å². The van der Waals surface area contributed by atoms with Gasteiger partial charge in [0.2, 0.25) is 0 Å². The fraction of sp³-hybridized carbons (Fsp3) is 0.273. The van der Waals surface area contributed by atoms with Crippen LogP contribution in [0.3, 0.4) is 0 Å². The first-order chi connectivity index (χ1) is 14.5. The van der Waals surface area contributed by atoms with Gasteiger partial charge in [-0.15, -0.1) is 0 Å². The molecule has 0 atom stereocenters. The number of methoxy groups -OCH3 is 1. The van der Waals surface area contributed by atoms with Gasteiger partial charge in [0.15, 0.2) is 5.11 Å². The molecule has 8 heteroatoms. The van der Waals surface area contributed by atoms with Crippen LogP contribution in [0.15, 0.2) is 48.5 Å². The minimum absolute atomic E-state index is 0.00655. The van der Waals surface area contributed by atoms with E-state index in [1.54, 1.807) is 42.5 Å². The zero-order chi connectivity index (χ0) is 21.5. The first kappa shape index (κ1) is 21.4. The van der Waals surface area contributed by atoms with Gasteiger partial charge in [-0.2, -0.15) is 0 Å². The lowest BCUT2D eigenvalue weighted by Crippen LogP contribution is -2.36. The zero-order valence-electron chi connectivity index (χ0n) is 16.6. The molecule has 2 amide bonds. The summed E-state index contributed by atoms with van der Waals surface area (Å²) >= 11 is 5.22. The lowest BCUT2D eigenvalue weighted by atomic mass is 10.1. The molecule has 3 rings (SSSR count). The van der Waals surface area contributed by atoms with E-state index in [1.165, 1.54) is 13.2 Å². The number of thiocarbonyl (C=S) groups is 1. The van der Waals surface area contributed by atoms with Crippen molar-refractivity contribution in [1.29, 1.82) is 0 Å². The predicted octanol–water partition coefficient (Wildman–Crippen LogP) is 3.23. The number of benzene rings is 2. The quantitative estimate of drug-likeness (QED) is 0.578. The normalized spacial score (nSPS) is 13.3. The van der Waals surface area contributed by atoms with Crippen LogP contribution in [0.25, 0.3) is 0 Å². The van der Waals surface area contributed by atoms with Crippen molar-refractivity contribution in [3.63, 3.8) is 0 Å². The Bertz CT molecular complexity index is 970. The Hall–Kier alpha value is -3.26. The molecule has 1 aliphatic heterocycles. The number of ether oxygens (including phenoxy) is 1. The lowest BCUT2D eigenvalue weighted by molar-refractivity contribution is 0.0600. The molecule has 2 aromatic carbocycles. The third kappa shape index (κ3) is 5.42. The van der Waals surface area contributed by atoms with Crippen LogP contribution < -0.4 is 10.6 Å². The second kappa shape index (κ2) is 9.98. The van der Waals surface area contributed by atoms with Crippen LogP contribution in [0.2, 0.25) is 0 Å². The second-order valence-corrected chi connectivity index (χ2v) is 7.32. The van der Waals surface area contributed by atoms with Crippen molar-refractivity contribution in [3.8, 4) is 0 Å². The minimum Gasteiger partial charge on any atom is -0.465 e. The Labute approximate surface area is 180 Å². The molecule has 156 valence electrons. The summed E-state index contributed by atoms with van der Waals surface area (Å²) in [6, 6.07) is 13.2. The number of likely N-dealkylation sites (tertiary alicyclic amines) is 1. The molecule has 0 aromatic heterocycles. The zero-order valence-corrected chi connectivity index (χ0v) is 17.5. The molecular weight excluding hydrogens is 402 g/mol. The molecule has 1 aliphatic rings. The van der Waals surface area contributed by atoms with E-state index in [0.29, 0.717) is 11.3 Å². The average molecular weight is 426 g/mol. The number of hydrogen-bond acceptors (Lipinski definition) is 5. The maximum absolute atomic E-state index is 12.7. The molecule has 2 N–H and O–H groups in total. The van der Waals surface area contributed by atoms with Gasteiger partial charge in [-0.25, -0.2) is 4.79 Å². The number of nitrogens with zero attached hydrogens (tertiary/aromatic N) is 1. The Morgan fingerprint density at radius 2 is 1.60 bits per heavy atom. The number of esters is 1. The summed E-state index contributed by atoms with van der Waals surface area (Å²) < 4.78 is 4.67. The summed E-state index contributed by atoms with van der Waals surface area (Å²) in [5, 5.41) is 5.59. The molecule has 30 heavy (non-hydrogen) atoms. The third-order valence-corrected chi connectivity index (χ3v) is 4.99. The van der Waals surface area contributed by atoms with Gasteiger partial charge in [0.1, 0.15) is 0 Å². The monoisotopic (exact) mass is 425 g/mol. The van der Waals surface area contributed by atoms with Crippen molar-refractivity contribution in [3.05, 3.63) is 65.2 Å².